The van der Waals surface area contributed by atoms with Gasteiger partial charge in [-0.15, -0.1) is 0 Å². The number of anilines is 1. The van der Waals surface area contributed by atoms with Gasteiger partial charge in [-0.2, -0.15) is 0 Å². The molecule has 1 saturated carbocycles. The number of aliphatic hydroxyl groups is 1. The summed E-state index contributed by atoms with van der Waals surface area (Å²) in [5.41, 5.74) is 3.19. The third-order valence-electron chi connectivity index (χ3n) is 5.70. The minimum Gasteiger partial charge on any atom is -0.393 e. The Labute approximate surface area is 191 Å². The van der Waals surface area contributed by atoms with Crippen LogP contribution in [0.5, 0.6) is 0 Å². The number of hydrogen-bond donors (Lipinski definition) is 3. The Kier molecular flexibility index (Phi) is 6.26. The first-order valence-electron chi connectivity index (χ1n) is 10.4. The summed E-state index contributed by atoms with van der Waals surface area (Å²) < 4.78 is 30.6. The van der Waals surface area contributed by atoms with E-state index in [0.29, 0.717) is 53.3 Å². The largest absolute Gasteiger partial charge is 0.393 e. The van der Waals surface area contributed by atoms with E-state index in [1.165, 1.54) is 6.92 Å². The molecular weight excluding hydrogens is 452 g/mol. The average molecular weight is 477 g/mol. The van der Waals surface area contributed by atoms with Gasteiger partial charge in [0.25, 0.3) is 0 Å². The molecule has 0 aliphatic heterocycles. The molecule has 32 heavy (non-hydrogen) atoms. The number of benzene rings is 1. The summed E-state index contributed by atoms with van der Waals surface area (Å²) in [6, 6.07) is 6.39. The number of carbonyl (C=O) groups is 1. The van der Waals surface area contributed by atoms with Crippen LogP contribution >= 0.6 is 11.6 Å². The average Bonchev–Trinajstić information content (AvgIpc) is 3.13. The SMILES string of the molecule is CC(=O)Nc1cc(Cl)cn2c(-c3cc(S(=O)(=O)NC4CCC(O)CC4)ccc3C)cnc12. The second-order valence-corrected chi connectivity index (χ2v) is 10.3. The molecule has 3 N–H and O–H groups in total. The fourth-order valence-electron chi connectivity index (χ4n) is 4.06. The molecule has 170 valence electrons. The molecular formula is C22H25ClN4O4S. The zero-order valence-corrected chi connectivity index (χ0v) is 19.4. The minimum absolute atomic E-state index is 0.156. The molecule has 2 heterocycles. The Morgan fingerprint density at radius 1 is 1.22 bits per heavy atom. The standard InChI is InChI=1S/C22H25ClN4O4S/c1-13-3-8-18(32(30,31)26-16-4-6-17(29)7-5-16)10-19(13)21-11-24-22-20(25-14(2)28)9-15(23)12-27(21)22/h3,8-12,16-17,26,29H,4-7H2,1-2H3,(H,25,28). The van der Waals surface area contributed by atoms with Crippen molar-refractivity contribution in [3.63, 3.8) is 0 Å². The van der Waals surface area contributed by atoms with Gasteiger partial charge in [0, 0.05) is 24.7 Å². The lowest BCUT2D eigenvalue weighted by Gasteiger charge is -2.26. The van der Waals surface area contributed by atoms with Crippen molar-refractivity contribution in [2.24, 2.45) is 0 Å². The van der Waals surface area contributed by atoms with E-state index >= 15 is 0 Å². The number of amides is 1. The summed E-state index contributed by atoms with van der Waals surface area (Å²) in [6.07, 6.45) is 5.35. The number of pyridine rings is 1. The summed E-state index contributed by atoms with van der Waals surface area (Å²) in [5.74, 6) is -0.246. The van der Waals surface area contributed by atoms with Crippen LogP contribution in [-0.4, -0.2) is 41.0 Å². The van der Waals surface area contributed by atoms with Crippen LogP contribution in [0.3, 0.4) is 0 Å². The van der Waals surface area contributed by atoms with Gasteiger partial charge in [-0.1, -0.05) is 17.7 Å². The lowest BCUT2D eigenvalue weighted by atomic mass is 9.94. The van der Waals surface area contributed by atoms with Gasteiger partial charge in [-0.25, -0.2) is 18.1 Å². The van der Waals surface area contributed by atoms with Crippen LogP contribution in [0.1, 0.15) is 38.2 Å². The zero-order chi connectivity index (χ0) is 23.0. The van der Waals surface area contributed by atoms with Crippen LogP contribution < -0.4 is 10.0 Å². The fourth-order valence-corrected chi connectivity index (χ4v) is 5.60. The number of carbonyl (C=O) groups excluding carboxylic acids is 1. The van der Waals surface area contributed by atoms with Crippen LogP contribution in [0.15, 0.2) is 41.6 Å². The minimum atomic E-state index is -3.74. The van der Waals surface area contributed by atoms with Crippen LogP contribution in [-0.2, 0) is 14.8 Å². The smallest absolute Gasteiger partial charge is 0.240 e. The summed E-state index contributed by atoms with van der Waals surface area (Å²) in [5, 5.41) is 12.8. The molecule has 0 atom stereocenters. The van der Waals surface area contributed by atoms with Gasteiger partial charge in [-0.3, -0.25) is 9.20 Å². The molecule has 4 rings (SSSR count). The predicted octanol–water partition coefficient (Wildman–Crippen LogP) is 3.50. The Bertz CT molecular complexity index is 1280. The number of sulfonamides is 1. The Hall–Kier alpha value is -2.46. The number of aryl methyl sites for hydroxylation is 1. The van der Waals surface area contributed by atoms with Gasteiger partial charge >= 0.3 is 0 Å². The quantitative estimate of drug-likeness (QED) is 0.521. The number of halogens is 1. The highest BCUT2D eigenvalue weighted by atomic mass is 35.5. The van der Waals surface area contributed by atoms with E-state index in [9.17, 15) is 18.3 Å². The van der Waals surface area contributed by atoms with Gasteiger partial charge in [0.15, 0.2) is 5.65 Å². The van der Waals surface area contributed by atoms with Gasteiger partial charge in [0.2, 0.25) is 15.9 Å². The molecule has 1 aliphatic carbocycles. The second-order valence-electron chi connectivity index (χ2n) is 8.19. The monoisotopic (exact) mass is 476 g/mol. The molecule has 0 bridgehead atoms. The molecule has 0 unspecified atom stereocenters. The molecule has 1 amide bonds. The number of rotatable bonds is 5. The first-order valence-corrected chi connectivity index (χ1v) is 12.3. The van der Waals surface area contributed by atoms with Gasteiger partial charge in [-0.05, 0) is 56.4 Å². The molecule has 0 saturated heterocycles. The van der Waals surface area contributed by atoms with Crippen molar-refractivity contribution in [1.82, 2.24) is 14.1 Å². The number of nitrogens with zero attached hydrogens (tertiary/aromatic N) is 2. The summed E-state index contributed by atoms with van der Waals surface area (Å²) in [4.78, 5) is 16.1. The number of hydrogen-bond acceptors (Lipinski definition) is 5. The Morgan fingerprint density at radius 3 is 2.62 bits per heavy atom. The molecule has 1 aliphatic rings. The van der Waals surface area contributed by atoms with Gasteiger partial charge in [0.05, 0.1) is 33.6 Å². The number of aromatic nitrogens is 2. The van der Waals surface area contributed by atoms with Gasteiger partial charge < -0.3 is 10.4 Å². The number of fused-ring (bicyclic) bond motifs is 1. The van der Waals surface area contributed by atoms with E-state index in [-0.39, 0.29) is 22.9 Å². The normalized spacial score (nSPS) is 19.2. The first-order chi connectivity index (χ1) is 15.1. The van der Waals surface area contributed by atoms with Crippen molar-refractivity contribution in [1.29, 1.82) is 0 Å². The second kappa shape index (κ2) is 8.82. The Balaban J connectivity index is 1.73. The number of nitrogens with one attached hydrogen (secondary N) is 2. The highest BCUT2D eigenvalue weighted by molar-refractivity contribution is 7.89. The first kappa shape index (κ1) is 22.7. The van der Waals surface area contributed by atoms with E-state index < -0.39 is 10.0 Å². The third-order valence-corrected chi connectivity index (χ3v) is 7.42. The topological polar surface area (TPSA) is 113 Å². The molecule has 0 spiro atoms. The summed E-state index contributed by atoms with van der Waals surface area (Å²) in [7, 11) is -3.74. The Morgan fingerprint density at radius 2 is 1.94 bits per heavy atom. The van der Waals surface area contributed by atoms with Crippen LogP contribution in [0.25, 0.3) is 16.9 Å². The maximum atomic E-state index is 13.0. The number of aliphatic hydroxyl groups excluding tert-OH is 1. The van der Waals surface area contributed by atoms with Crippen LogP contribution in [0.4, 0.5) is 5.69 Å². The van der Waals surface area contributed by atoms with Crippen molar-refractivity contribution in [2.45, 2.75) is 56.6 Å². The lowest BCUT2D eigenvalue weighted by Crippen LogP contribution is -2.38. The molecule has 3 aromatic rings. The van der Waals surface area contributed by atoms with E-state index in [4.69, 9.17) is 11.6 Å². The van der Waals surface area contributed by atoms with Crippen molar-refractivity contribution in [3.8, 4) is 11.3 Å². The highest BCUT2D eigenvalue weighted by Crippen LogP contribution is 2.31. The van der Waals surface area contributed by atoms with E-state index in [0.717, 1.165) is 5.56 Å². The maximum absolute atomic E-state index is 13.0. The maximum Gasteiger partial charge on any atom is 0.240 e. The number of imidazole rings is 1. The molecule has 2 aromatic heterocycles. The summed E-state index contributed by atoms with van der Waals surface area (Å²) >= 11 is 6.26. The van der Waals surface area contributed by atoms with Crippen LogP contribution in [0.2, 0.25) is 5.02 Å². The van der Waals surface area contributed by atoms with Crippen LogP contribution in [0, 0.1) is 6.92 Å². The highest BCUT2D eigenvalue weighted by Gasteiger charge is 2.25. The van der Waals surface area contributed by atoms with Gasteiger partial charge in [0.1, 0.15) is 0 Å². The molecule has 1 aromatic carbocycles. The lowest BCUT2D eigenvalue weighted by molar-refractivity contribution is -0.114. The molecule has 8 nitrogen and oxygen atoms in total. The van der Waals surface area contributed by atoms with Crippen molar-refractivity contribution in [3.05, 3.63) is 47.2 Å². The third kappa shape index (κ3) is 4.66. The van der Waals surface area contributed by atoms with E-state index in [1.54, 1.807) is 41.1 Å². The van der Waals surface area contributed by atoms with E-state index in [2.05, 4.69) is 15.0 Å². The van der Waals surface area contributed by atoms with Crippen molar-refractivity contribution >= 4 is 38.9 Å². The molecule has 0 radical (unpaired) electrons. The van der Waals surface area contributed by atoms with Crippen molar-refractivity contribution < 1.29 is 18.3 Å². The molecule has 1 fully saturated rings. The predicted molar refractivity (Wildman–Crippen MR) is 123 cm³/mol. The zero-order valence-electron chi connectivity index (χ0n) is 17.8. The van der Waals surface area contributed by atoms with Crippen molar-refractivity contribution in [2.75, 3.05) is 5.32 Å². The summed E-state index contributed by atoms with van der Waals surface area (Å²) in [6.45, 7) is 3.29. The molecule has 10 heteroatoms. The fraction of sp³-hybridized carbons (Fsp3) is 0.364. The van der Waals surface area contributed by atoms with E-state index in [1.807, 2.05) is 6.92 Å².